The van der Waals surface area contributed by atoms with Gasteiger partial charge in [0.1, 0.15) is 15.7 Å². The lowest BCUT2D eigenvalue weighted by Crippen LogP contribution is -2.44. The lowest BCUT2D eigenvalue weighted by molar-refractivity contribution is 0.0680. The molecule has 1 aliphatic heterocycles. The summed E-state index contributed by atoms with van der Waals surface area (Å²) >= 11 is 1.40. The van der Waals surface area contributed by atoms with Crippen LogP contribution in [0, 0.1) is 11.7 Å². The van der Waals surface area contributed by atoms with E-state index < -0.39 is 5.82 Å². The van der Waals surface area contributed by atoms with Crippen LogP contribution in [0.1, 0.15) is 22.5 Å². The van der Waals surface area contributed by atoms with E-state index in [4.69, 9.17) is 0 Å². The second-order valence-electron chi connectivity index (χ2n) is 7.50. The van der Waals surface area contributed by atoms with Crippen LogP contribution in [0.4, 0.5) is 14.9 Å². The number of hydrogen-bond acceptors (Lipinski definition) is 4. The number of nitrogens with one attached hydrogen (secondary N) is 2. The van der Waals surface area contributed by atoms with E-state index in [-0.39, 0.29) is 17.9 Å². The van der Waals surface area contributed by atoms with E-state index in [0.717, 1.165) is 23.4 Å². The van der Waals surface area contributed by atoms with Crippen molar-refractivity contribution in [2.24, 2.45) is 5.92 Å². The summed E-state index contributed by atoms with van der Waals surface area (Å²) in [5, 5.41) is 6.28. The Hall–Kier alpha value is -3.26. The Balaban J connectivity index is 1.30. The largest absolute Gasteiger partial charge is 0.338 e. The molecule has 1 fully saturated rings. The van der Waals surface area contributed by atoms with Crippen molar-refractivity contribution in [1.82, 2.24) is 15.2 Å². The summed E-state index contributed by atoms with van der Waals surface area (Å²) in [6, 6.07) is 15.2. The van der Waals surface area contributed by atoms with E-state index in [1.165, 1.54) is 29.5 Å². The lowest BCUT2D eigenvalue weighted by atomic mass is 9.98. The highest BCUT2D eigenvalue weighted by atomic mass is 32.1. The molecule has 8 heteroatoms. The standard InChI is InChI=1S/C23H23FN4O2S/c24-18-9-4-10-19(12-18)27-23(30)26-13-16-6-5-11-28(15-16)22(29)20-14-25-21(31-20)17-7-2-1-3-8-17/h1-4,7-10,12,14,16H,5-6,11,13,15H2,(H2,26,27,30). The number of halogens is 1. The number of hydrogen-bond donors (Lipinski definition) is 2. The smallest absolute Gasteiger partial charge is 0.319 e. The van der Waals surface area contributed by atoms with Gasteiger partial charge in [0.05, 0.1) is 6.20 Å². The van der Waals surface area contributed by atoms with Crippen LogP contribution in [0.15, 0.2) is 60.8 Å². The zero-order chi connectivity index (χ0) is 21.6. The first-order chi connectivity index (χ1) is 15.1. The molecule has 0 saturated carbocycles. The third-order valence-corrected chi connectivity index (χ3v) is 6.21. The second kappa shape index (κ2) is 9.70. The van der Waals surface area contributed by atoms with Crippen molar-refractivity contribution in [3.8, 4) is 10.6 Å². The SMILES string of the molecule is O=C(NCC1CCCN(C(=O)c2cnc(-c3ccccc3)s2)C1)Nc1cccc(F)c1. The molecule has 0 radical (unpaired) electrons. The van der Waals surface area contributed by atoms with Crippen LogP contribution in [-0.2, 0) is 0 Å². The van der Waals surface area contributed by atoms with Crippen molar-refractivity contribution in [2.75, 3.05) is 25.0 Å². The summed E-state index contributed by atoms with van der Waals surface area (Å²) in [4.78, 5) is 31.9. The fraction of sp³-hybridized carbons (Fsp3) is 0.261. The number of likely N-dealkylation sites (tertiary alicyclic amines) is 1. The Labute approximate surface area is 184 Å². The molecule has 160 valence electrons. The topological polar surface area (TPSA) is 74.3 Å². The molecule has 3 amide bonds. The van der Waals surface area contributed by atoms with Crippen LogP contribution in [0.3, 0.4) is 0 Å². The normalized spacial score (nSPS) is 16.0. The van der Waals surface area contributed by atoms with Crippen LogP contribution in [0.25, 0.3) is 10.6 Å². The van der Waals surface area contributed by atoms with E-state index in [9.17, 15) is 14.0 Å². The van der Waals surface area contributed by atoms with Gasteiger partial charge in [-0.05, 0) is 37.0 Å². The maximum Gasteiger partial charge on any atom is 0.319 e. The summed E-state index contributed by atoms with van der Waals surface area (Å²) in [6.07, 6.45) is 3.46. The summed E-state index contributed by atoms with van der Waals surface area (Å²) in [5.74, 6) is -0.260. The van der Waals surface area contributed by atoms with Gasteiger partial charge in [-0.15, -0.1) is 11.3 Å². The molecule has 0 spiro atoms. The molecule has 2 aromatic carbocycles. The molecule has 1 unspecified atom stereocenters. The first-order valence-corrected chi connectivity index (χ1v) is 11.0. The minimum atomic E-state index is -0.405. The number of nitrogens with zero attached hydrogens (tertiary/aromatic N) is 2. The molecule has 1 aliphatic rings. The monoisotopic (exact) mass is 438 g/mol. The van der Waals surface area contributed by atoms with E-state index in [1.54, 1.807) is 12.3 Å². The van der Waals surface area contributed by atoms with Gasteiger partial charge in [0.15, 0.2) is 0 Å². The van der Waals surface area contributed by atoms with E-state index in [0.29, 0.717) is 30.2 Å². The third-order valence-electron chi connectivity index (χ3n) is 5.18. The van der Waals surface area contributed by atoms with E-state index in [1.807, 2.05) is 35.2 Å². The minimum Gasteiger partial charge on any atom is -0.338 e. The molecule has 1 saturated heterocycles. The minimum absolute atomic E-state index is 0.0198. The summed E-state index contributed by atoms with van der Waals surface area (Å²) in [6.45, 7) is 1.73. The molecule has 2 N–H and O–H groups in total. The highest BCUT2D eigenvalue weighted by Gasteiger charge is 2.26. The molecular weight excluding hydrogens is 415 g/mol. The van der Waals surface area contributed by atoms with Crippen LogP contribution >= 0.6 is 11.3 Å². The molecule has 2 heterocycles. The van der Waals surface area contributed by atoms with Crippen molar-refractivity contribution in [1.29, 1.82) is 0 Å². The van der Waals surface area contributed by atoms with Gasteiger partial charge in [0.2, 0.25) is 0 Å². The molecular formula is C23H23FN4O2S. The Morgan fingerprint density at radius 3 is 2.81 bits per heavy atom. The number of carbonyl (C=O) groups excluding carboxylic acids is 2. The Morgan fingerprint density at radius 2 is 2.00 bits per heavy atom. The van der Waals surface area contributed by atoms with Crippen molar-refractivity contribution in [2.45, 2.75) is 12.8 Å². The Morgan fingerprint density at radius 1 is 1.16 bits per heavy atom. The molecule has 0 bridgehead atoms. The van der Waals surface area contributed by atoms with Gasteiger partial charge in [-0.2, -0.15) is 0 Å². The van der Waals surface area contributed by atoms with Crippen molar-refractivity contribution >= 4 is 29.0 Å². The quantitative estimate of drug-likeness (QED) is 0.610. The Bertz CT molecular complexity index is 1060. The predicted molar refractivity (Wildman–Crippen MR) is 120 cm³/mol. The van der Waals surface area contributed by atoms with Crippen LogP contribution in [0.2, 0.25) is 0 Å². The highest BCUT2D eigenvalue weighted by Crippen LogP contribution is 2.27. The average molecular weight is 439 g/mol. The zero-order valence-corrected chi connectivity index (χ0v) is 17.7. The maximum atomic E-state index is 13.2. The Kier molecular flexibility index (Phi) is 6.57. The number of carbonyl (C=O) groups is 2. The van der Waals surface area contributed by atoms with Gasteiger partial charge in [-0.3, -0.25) is 4.79 Å². The number of thiazole rings is 1. The maximum absolute atomic E-state index is 13.2. The molecule has 0 aliphatic carbocycles. The molecule has 31 heavy (non-hydrogen) atoms. The number of piperidine rings is 1. The van der Waals surface area contributed by atoms with E-state index >= 15 is 0 Å². The zero-order valence-electron chi connectivity index (χ0n) is 16.9. The number of benzene rings is 2. The van der Waals surface area contributed by atoms with Crippen molar-refractivity contribution < 1.29 is 14.0 Å². The summed E-state index contributed by atoms with van der Waals surface area (Å²) in [5.41, 5.74) is 1.40. The van der Waals surface area contributed by atoms with Gasteiger partial charge < -0.3 is 15.5 Å². The number of aromatic nitrogens is 1. The predicted octanol–water partition coefficient (Wildman–Crippen LogP) is 4.62. The summed E-state index contributed by atoms with van der Waals surface area (Å²) in [7, 11) is 0. The van der Waals surface area contributed by atoms with Crippen LogP contribution in [-0.4, -0.2) is 41.5 Å². The van der Waals surface area contributed by atoms with Gasteiger partial charge in [-0.25, -0.2) is 14.2 Å². The molecule has 4 rings (SSSR count). The van der Waals surface area contributed by atoms with Gasteiger partial charge in [-0.1, -0.05) is 36.4 Å². The number of rotatable bonds is 5. The second-order valence-corrected chi connectivity index (χ2v) is 8.53. The van der Waals surface area contributed by atoms with Crippen LogP contribution in [0.5, 0.6) is 0 Å². The fourth-order valence-electron chi connectivity index (χ4n) is 3.64. The third kappa shape index (κ3) is 5.46. The van der Waals surface area contributed by atoms with Crippen molar-refractivity contribution in [3.63, 3.8) is 0 Å². The molecule has 6 nitrogen and oxygen atoms in total. The number of urea groups is 1. The molecule has 1 atom stereocenters. The van der Waals surface area contributed by atoms with Gasteiger partial charge >= 0.3 is 6.03 Å². The van der Waals surface area contributed by atoms with Gasteiger partial charge in [0, 0.05) is 30.9 Å². The molecule has 3 aromatic rings. The summed E-state index contributed by atoms with van der Waals surface area (Å²) < 4.78 is 13.2. The van der Waals surface area contributed by atoms with Crippen molar-refractivity contribution in [3.05, 3.63) is 71.5 Å². The number of anilines is 1. The van der Waals surface area contributed by atoms with E-state index in [2.05, 4.69) is 15.6 Å². The number of amides is 3. The molecule has 1 aromatic heterocycles. The highest BCUT2D eigenvalue weighted by molar-refractivity contribution is 7.16. The van der Waals surface area contributed by atoms with Gasteiger partial charge in [0.25, 0.3) is 5.91 Å². The first-order valence-electron chi connectivity index (χ1n) is 10.2. The van der Waals surface area contributed by atoms with Crippen LogP contribution < -0.4 is 10.6 Å². The first kappa shape index (κ1) is 21.0. The fourth-order valence-corrected chi connectivity index (χ4v) is 4.53. The lowest BCUT2D eigenvalue weighted by Gasteiger charge is -2.32. The average Bonchev–Trinajstić information content (AvgIpc) is 3.28.